The number of pyridine rings is 1. The molecule has 3 nitrogen and oxygen atoms in total. The molecule has 1 amide bonds. The first kappa shape index (κ1) is 16.4. The lowest BCUT2D eigenvalue weighted by Crippen LogP contribution is -2.44. The summed E-state index contributed by atoms with van der Waals surface area (Å²) in [6.45, 7) is 10.3. The van der Waals surface area contributed by atoms with Gasteiger partial charge in [0.1, 0.15) is 5.03 Å². The maximum Gasteiger partial charge on any atom is 0.233 e. The third kappa shape index (κ3) is 5.87. The molecule has 0 spiro atoms. The molecule has 0 aliphatic rings. The zero-order valence-corrected chi connectivity index (χ0v) is 13.8. The third-order valence-electron chi connectivity index (χ3n) is 2.94. The first-order valence-electron chi connectivity index (χ1n) is 6.35. The van der Waals surface area contributed by atoms with Crippen molar-refractivity contribution in [2.75, 3.05) is 0 Å². The summed E-state index contributed by atoms with van der Waals surface area (Å²) < 4.78 is 0. The summed E-state index contributed by atoms with van der Waals surface area (Å²) in [5.41, 5.74) is 0.0776. The lowest BCUT2D eigenvalue weighted by atomic mass is 9.88. The Bertz CT molecular complexity index is 404. The van der Waals surface area contributed by atoms with Gasteiger partial charge < -0.3 is 5.32 Å². The number of carbonyl (C=O) groups is 1. The van der Waals surface area contributed by atoms with Crippen LogP contribution in [0.15, 0.2) is 29.4 Å². The van der Waals surface area contributed by atoms with E-state index in [1.807, 2.05) is 32.0 Å². The Morgan fingerprint density at radius 3 is 2.53 bits per heavy atom. The van der Waals surface area contributed by atoms with Crippen LogP contribution in [0.1, 0.15) is 34.6 Å². The summed E-state index contributed by atoms with van der Waals surface area (Å²) in [5, 5.41) is 3.89. The molecule has 0 fully saturated rings. The van der Waals surface area contributed by atoms with Gasteiger partial charge in [0.2, 0.25) is 5.91 Å². The fraction of sp³-hybridized carbons (Fsp3) is 0.571. The van der Waals surface area contributed by atoms with Crippen molar-refractivity contribution < 1.29 is 4.79 Å². The van der Waals surface area contributed by atoms with E-state index in [0.29, 0.717) is 0 Å². The zero-order chi connectivity index (χ0) is 14.5. The second-order valence-electron chi connectivity index (χ2n) is 5.59. The standard InChI is InChI=1S/C14H22N2OS2/c1-10(13(17)16-11(2)14(3,4)5)18-19-12-8-6-7-9-15-12/h6-11H,1-5H3,(H,16,17). The Kier molecular flexibility index (Phi) is 6.20. The number of hydrogen-bond acceptors (Lipinski definition) is 4. The van der Waals surface area contributed by atoms with E-state index >= 15 is 0 Å². The molecule has 1 aromatic heterocycles. The maximum atomic E-state index is 12.1. The molecule has 0 saturated carbocycles. The monoisotopic (exact) mass is 298 g/mol. The van der Waals surface area contributed by atoms with Crippen LogP contribution in [0.5, 0.6) is 0 Å². The fourth-order valence-corrected chi connectivity index (χ4v) is 3.03. The van der Waals surface area contributed by atoms with Gasteiger partial charge in [0, 0.05) is 12.2 Å². The van der Waals surface area contributed by atoms with Crippen LogP contribution in [-0.2, 0) is 4.79 Å². The summed E-state index contributed by atoms with van der Waals surface area (Å²) in [7, 11) is 3.07. The summed E-state index contributed by atoms with van der Waals surface area (Å²) in [6, 6.07) is 5.93. The smallest absolute Gasteiger partial charge is 0.233 e. The molecule has 0 saturated heterocycles. The van der Waals surface area contributed by atoms with E-state index in [2.05, 4.69) is 31.1 Å². The molecule has 2 unspecified atom stereocenters. The van der Waals surface area contributed by atoms with Crippen molar-refractivity contribution in [3.8, 4) is 0 Å². The van der Waals surface area contributed by atoms with E-state index in [4.69, 9.17) is 0 Å². The summed E-state index contributed by atoms with van der Waals surface area (Å²) in [4.78, 5) is 16.3. The van der Waals surface area contributed by atoms with Gasteiger partial charge in [-0.05, 0) is 42.2 Å². The minimum absolute atomic E-state index is 0.0776. The minimum atomic E-state index is -0.100. The highest BCUT2D eigenvalue weighted by Crippen LogP contribution is 2.33. The van der Waals surface area contributed by atoms with Gasteiger partial charge in [-0.2, -0.15) is 0 Å². The molecule has 1 N–H and O–H groups in total. The van der Waals surface area contributed by atoms with Crippen LogP contribution in [0.25, 0.3) is 0 Å². The average Bonchev–Trinajstić information content (AvgIpc) is 2.35. The Morgan fingerprint density at radius 1 is 1.32 bits per heavy atom. The number of nitrogens with zero attached hydrogens (tertiary/aromatic N) is 1. The number of hydrogen-bond donors (Lipinski definition) is 1. The molecular weight excluding hydrogens is 276 g/mol. The first-order chi connectivity index (χ1) is 8.80. The molecule has 5 heteroatoms. The van der Waals surface area contributed by atoms with Gasteiger partial charge in [0.05, 0.1) is 5.25 Å². The molecular formula is C14H22N2OS2. The Hall–Kier alpha value is -0.680. The van der Waals surface area contributed by atoms with E-state index in [9.17, 15) is 4.79 Å². The van der Waals surface area contributed by atoms with Crippen molar-refractivity contribution in [3.05, 3.63) is 24.4 Å². The van der Waals surface area contributed by atoms with Gasteiger partial charge in [0.15, 0.2) is 0 Å². The van der Waals surface area contributed by atoms with Crippen molar-refractivity contribution in [1.29, 1.82) is 0 Å². The molecule has 0 bridgehead atoms. The molecule has 1 rings (SSSR count). The number of carbonyl (C=O) groups excluding carboxylic acids is 1. The van der Waals surface area contributed by atoms with Crippen molar-refractivity contribution in [2.24, 2.45) is 5.41 Å². The molecule has 0 radical (unpaired) electrons. The quantitative estimate of drug-likeness (QED) is 0.840. The Morgan fingerprint density at radius 2 is 2.00 bits per heavy atom. The van der Waals surface area contributed by atoms with Gasteiger partial charge in [-0.3, -0.25) is 4.79 Å². The molecule has 0 aliphatic carbocycles. The van der Waals surface area contributed by atoms with Gasteiger partial charge in [-0.15, -0.1) is 0 Å². The molecule has 106 valence electrons. The number of amides is 1. The molecule has 0 aromatic carbocycles. The maximum absolute atomic E-state index is 12.1. The third-order valence-corrected chi connectivity index (χ3v) is 5.62. The Labute approximate surface area is 123 Å². The summed E-state index contributed by atoms with van der Waals surface area (Å²) in [6.07, 6.45) is 1.76. The highest BCUT2D eigenvalue weighted by Gasteiger charge is 2.24. The average molecular weight is 298 g/mol. The normalized spacial score (nSPS) is 14.8. The number of nitrogens with one attached hydrogen (secondary N) is 1. The van der Waals surface area contributed by atoms with Gasteiger partial charge in [0.25, 0.3) is 0 Å². The molecule has 1 aromatic rings. The van der Waals surface area contributed by atoms with Gasteiger partial charge in [-0.1, -0.05) is 37.6 Å². The van der Waals surface area contributed by atoms with Gasteiger partial charge >= 0.3 is 0 Å². The van der Waals surface area contributed by atoms with E-state index in [1.165, 1.54) is 21.6 Å². The largest absolute Gasteiger partial charge is 0.352 e. The highest BCUT2D eigenvalue weighted by atomic mass is 33.1. The van der Waals surface area contributed by atoms with Gasteiger partial charge in [-0.25, -0.2) is 4.98 Å². The molecule has 0 aliphatic heterocycles. The Balaban J connectivity index is 2.41. The lowest BCUT2D eigenvalue weighted by Gasteiger charge is -2.29. The topological polar surface area (TPSA) is 42.0 Å². The number of aromatic nitrogens is 1. The predicted octanol–water partition coefficient (Wildman–Crippen LogP) is 3.76. The van der Waals surface area contributed by atoms with Crippen molar-refractivity contribution in [3.63, 3.8) is 0 Å². The summed E-state index contributed by atoms with van der Waals surface area (Å²) in [5.74, 6) is 0.0795. The second-order valence-corrected chi connectivity index (χ2v) is 8.15. The van der Waals surface area contributed by atoms with E-state index in [0.717, 1.165) is 5.03 Å². The van der Waals surface area contributed by atoms with E-state index < -0.39 is 0 Å². The molecule has 1 heterocycles. The fourth-order valence-electron chi connectivity index (χ4n) is 1.11. The minimum Gasteiger partial charge on any atom is -0.352 e. The molecule has 2 atom stereocenters. The van der Waals surface area contributed by atoms with E-state index in [1.54, 1.807) is 6.20 Å². The SMILES string of the molecule is CC(SSc1ccccn1)C(=O)NC(C)C(C)(C)C. The van der Waals surface area contributed by atoms with Crippen LogP contribution in [0, 0.1) is 5.41 Å². The van der Waals surface area contributed by atoms with Crippen LogP contribution < -0.4 is 5.32 Å². The van der Waals surface area contributed by atoms with Crippen LogP contribution in [0.4, 0.5) is 0 Å². The van der Waals surface area contributed by atoms with Crippen molar-refractivity contribution in [2.45, 2.75) is 50.9 Å². The second kappa shape index (κ2) is 7.20. The van der Waals surface area contributed by atoms with Crippen LogP contribution in [0.3, 0.4) is 0 Å². The van der Waals surface area contributed by atoms with Crippen LogP contribution >= 0.6 is 21.6 Å². The van der Waals surface area contributed by atoms with Crippen molar-refractivity contribution >= 4 is 27.5 Å². The van der Waals surface area contributed by atoms with Crippen LogP contribution in [0.2, 0.25) is 0 Å². The first-order valence-corrected chi connectivity index (χ1v) is 8.56. The predicted molar refractivity (Wildman–Crippen MR) is 84.2 cm³/mol. The molecule has 19 heavy (non-hydrogen) atoms. The van der Waals surface area contributed by atoms with Crippen molar-refractivity contribution in [1.82, 2.24) is 10.3 Å². The zero-order valence-electron chi connectivity index (χ0n) is 12.1. The highest BCUT2D eigenvalue weighted by molar-refractivity contribution is 8.77. The number of rotatable bonds is 5. The van der Waals surface area contributed by atoms with E-state index in [-0.39, 0.29) is 22.6 Å². The van der Waals surface area contributed by atoms with Crippen LogP contribution in [-0.4, -0.2) is 22.2 Å². The lowest BCUT2D eigenvalue weighted by molar-refractivity contribution is -0.121. The summed E-state index contributed by atoms with van der Waals surface area (Å²) >= 11 is 0.